The van der Waals surface area contributed by atoms with E-state index in [1.165, 1.54) is 41.3 Å². The molecule has 0 saturated carbocycles. The Labute approximate surface area is 142 Å². The number of benzene rings is 2. The highest BCUT2D eigenvalue weighted by Gasteiger charge is 2.33. The lowest BCUT2D eigenvalue weighted by atomic mass is 10.1. The average Bonchev–Trinajstić information content (AvgIpc) is 2.54. The van der Waals surface area contributed by atoms with E-state index in [0.717, 1.165) is 0 Å². The van der Waals surface area contributed by atoms with Crippen molar-refractivity contribution >= 4 is 29.2 Å². The minimum absolute atomic E-state index is 0.00401. The molecule has 3 rings (SSSR count). The molecule has 1 aliphatic rings. The molecule has 1 amide bonds. The Morgan fingerprint density at radius 1 is 1.38 bits per heavy atom. The van der Waals surface area contributed by atoms with Crippen LogP contribution >= 0.6 is 11.6 Å². The Hall–Kier alpha value is -2.60. The van der Waals surface area contributed by atoms with E-state index in [9.17, 15) is 14.0 Å². The molecule has 2 aromatic carbocycles. The summed E-state index contributed by atoms with van der Waals surface area (Å²) >= 11 is 6.04. The maximum atomic E-state index is 14.1. The number of halogens is 2. The number of rotatable bonds is 3. The maximum absolute atomic E-state index is 14.1. The summed E-state index contributed by atoms with van der Waals surface area (Å²) in [4.78, 5) is 25.0. The number of ether oxygens (including phenoxy) is 1. The van der Waals surface area contributed by atoms with E-state index in [4.69, 9.17) is 21.4 Å². The number of hydrogen-bond donors (Lipinski definition) is 1. The molecule has 5 nitrogen and oxygen atoms in total. The molecule has 0 aromatic heterocycles. The minimum Gasteiger partial charge on any atom is -0.479 e. The van der Waals surface area contributed by atoms with Crippen molar-refractivity contribution in [1.82, 2.24) is 0 Å². The van der Waals surface area contributed by atoms with Crippen LogP contribution in [-0.4, -0.2) is 23.1 Å². The first-order valence-electron chi connectivity index (χ1n) is 7.16. The third-order valence-corrected chi connectivity index (χ3v) is 4.15. The normalized spacial score (nSPS) is 16.5. The number of nitrogens with zero attached hydrogens (tertiary/aromatic N) is 1. The Balaban J connectivity index is 2.08. The summed E-state index contributed by atoms with van der Waals surface area (Å²) in [6, 6.07) is 8.46. The molecule has 1 N–H and O–H groups in total. The van der Waals surface area contributed by atoms with Crippen molar-refractivity contribution < 1.29 is 23.8 Å². The fourth-order valence-corrected chi connectivity index (χ4v) is 2.77. The zero-order valence-electron chi connectivity index (χ0n) is 12.6. The Bertz CT molecular complexity index is 819. The molecule has 1 aliphatic heterocycles. The third kappa shape index (κ3) is 2.80. The van der Waals surface area contributed by atoms with Crippen molar-refractivity contribution in [2.45, 2.75) is 19.6 Å². The SMILES string of the molecule is CC1Oc2ccc(C(=O)O)cc2N(Cc2c(F)cccc2Cl)C1=O. The smallest absolute Gasteiger partial charge is 0.335 e. The lowest BCUT2D eigenvalue weighted by Crippen LogP contribution is -2.44. The standard InChI is InChI=1S/C17H13ClFNO4/c1-9-16(21)20(8-11-12(18)3-2-4-13(11)19)14-7-10(17(22)23)5-6-15(14)24-9/h2-7,9H,8H2,1H3,(H,22,23). The monoisotopic (exact) mass is 349 g/mol. The molecule has 1 atom stereocenters. The number of carboxylic acids is 1. The van der Waals surface area contributed by atoms with Gasteiger partial charge in [0.2, 0.25) is 0 Å². The molecule has 124 valence electrons. The van der Waals surface area contributed by atoms with Crippen LogP contribution in [0.2, 0.25) is 5.02 Å². The first kappa shape index (κ1) is 16.3. The van der Waals surface area contributed by atoms with Crippen molar-refractivity contribution in [3.8, 4) is 5.75 Å². The maximum Gasteiger partial charge on any atom is 0.335 e. The van der Waals surface area contributed by atoms with Gasteiger partial charge in [-0.3, -0.25) is 4.79 Å². The first-order valence-corrected chi connectivity index (χ1v) is 7.54. The average molecular weight is 350 g/mol. The zero-order chi connectivity index (χ0) is 17.4. The highest BCUT2D eigenvalue weighted by atomic mass is 35.5. The van der Waals surface area contributed by atoms with Crippen LogP contribution in [0.5, 0.6) is 5.75 Å². The molecule has 24 heavy (non-hydrogen) atoms. The van der Waals surface area contributed by atoms with Gasteiger partial charge in [0, 0.05) is 10.6 Å². The second kappa shape index (κ2) is 6.13. The molecular weight excluding hydrogens is 337 g/mol. The van der Waals surface area contributed by atoms with Crippen LogP contribution in [0.4, 0.5) is 10.1 Å². The van der Waals surface area contributed by atoms with E-state index in [1.54, 1.807) is 6.92 Å². The van der Waals surface area contributed by atoms with Crippen LogP contribution in [0.1, 0.15) is 22.8 Å². The van der Waals surface area contributed by atoms with E-state index in [1.807, 2.05) is 0 Å². The van der Waals surface area contributed by atoms with Crippen molar-refractivity contribution in [2.24, 2.45) is 0 Å². The Morgan fingerprint density at radius 3 is 2.79 bits per heavy atom. The molecule has 0 bridgehead atoms. The molecule has 1 heterocycles. The van der Waals surface area contributed by atoms with Gasteiger partial charge in [-0.05, 0) is 37.3 Å². The van der Waals surface area contributed by atoms with Crippen molar-refractivity contribution in [3.05, 3.63) is 58.4 Å². The first-order chi connectivity index (χ1) is 11.4. The van der Waals surface area contributed by atoms with Gasteiger partial charge < -0.3 is 14.7 Å². The summed E-state index contributed by atoms with van der Waals surface area (Å²) in [5.74, 6) is -1.71. The van der Waals surface area contributed by atoms with Gasteiger partial charge in [-0.15, -0.1) is 0 Å². The van der Waals surface area contributed by atoms with E-state index in [0.29, 0.717) is 5.75 Å². The van der Waals surface area contributed by atoms with Crippen LogP contribution < -0.4 is 9.64 Å². The highest BCUT2D eigenvalue weighted by molar-refractivity contribution is 6.31. The molecule has 0 spiro atoms. The molecular formula is C17H13ClFNO4. The van der Waals surface area contributed by atoms with Gasteiger partial charge in [-0.2, -0.15) is 0 Å². The van der Waals surface area contributed by atoms with Gasteiger partial charge in [0.05, 0.1) is 17.8 Å². The minimum atomic E-state index is -1.13. The lowest BCUT2D eigenvalue weighted by molar-refractivity contribution is -0.125. The lowest BCUT2D eigenvalue weighted by Gasteiger charge is -2.33. The second-order valence-electron chi connectivity index (χ2n) is 5.37. The van der Waals surface area contributed by atoms with Crippen LogP contribution in [0.15, 0.2) is 36.4 Å². The predicted octanol–water partition coefficient (Wildman–Crippen LogP) is 3.49. The van der Waals surface area contributed by atoms with Gasteiger partial charge in [0.1, 0.15) is 11.6 Å². The molecule has 2 aromatic rings. The highest BCUT2D eigenvalue weighted by Crippen LogP contribution is 2.37. The number of carbonyl (C=O) groups is 2. The Kier molecular flexibility index (Phi) is 4.15. The van der Waals surface area contributed by atoms with Crippen LogP contribution in [0.25, 0.3) is 0 Å². The number of aromatic carboxylic acids is 1. The largest absolute Gasteiger partial charge is 0.479 e. The van der Waals surface area contributed by atoms with Crippen molar-refractivity contribution in [1.29, 1.82) is 0 Å². The van der Waals surface area contributed by atoms with Gasteiger partial charge in [-0.25, -0.2) is 9.18 Å². The predicted molar refractivity (Wildman–Crippen MR) is 86.1 cm³/mol. The number of fused-ring (bicyclic) bond motifs is 1. The topological polar surface area (TPSA) is 66.8 Å². The number of anilines is 1. The van der Waals surface area contributed by atoms with Gasteiger partial charge >= 0.3 is 5.97 Å². The van der Waals surface area contributed by atoms with Gasteiger partial charge in [0.15, 0.2) is 6.10 Å². The summed E-state index contributed by atoms with van der Waals surface area (Å²) in [5.41, 5.74) is 0.440. The summed E-state index contributed by atoms with van der Waals surface area (Å²) in [5, 5.41) is 9.34. The van der Waals surface area contributed by atoms with Gasteiger partial charge in [0.25, 0.3) is 5.91 Å². The summed E-state index contributed by atoms with van der Waals surface area (Å²) in [6.45, 7) is 1.46. The van der Waals surface area contributed by atoms with Crippen molar-refractivity contribution in [3.63, 3.8) is 0 Å². The zero-order valence-corrected chi connectivity index (χ0v) is 13.4. The number of carbonyl (C=O) groups excluding carboxylic acids is 1. The summed E-state index contributed by atoms with van der Waals surface area (Å²) < 4.78 is 19.6. The molecule has 7 heteroatoms. The van der Waals surface area contributed by atoms with Crippen LogP contribution in [0, 0.1) is 5.82 Å². The van der Waals surface area contributed by atoms with E-state index in [-0.39, 0.29) is 28.4 Å². The van der Waals surface area contributed by atoms with Crippen LogP contribution in [0.3, 0.4) is 0 Å². The number of carboxylic acid groups (broad SMARTS) is 1. The molecule has 0 saturated heterocycles. The molecule has 1 unspecified atom stereocenters. The van der Waals surface area contributed by atoms with E-state index in [2.05, 4.69) is 0 Å². The van der Waals surface area contributed by atoms with Gasteiger partial charge in [-0.1, -0.05) is 17.7 Å². The van der Waals surface area contributed by atoms with Crippen LogP contribution in [-0.2, 0) is 11.3 Å². The van der Waals surface area contributed by atoms with Crippen molar-refractivity contribution in [2.75, 3.05) is 4.90 Å². The van der Waals surface area contributed by atoms with E-state index < -0.39 is 23.8 Å². The second-order valence-corrected chi connectivity index (χ2v) is 5.78. The quantitative estimate of drug-likeness (QED) is 0.921. The molecule has 0 fully saturated rings. The summed E-state index contributed by atoms with van der Waals surface area (Å²) in [6.07, 6.45) is -0.765. The fraction of sp³-hybridized carbons (Fsp3) is 0.176. The Morgan fingerprint density at radius 2 is 2.12 bits per heavy atom. The fourth-order valence-electron chi connectivity index (χ4n) is 2.54. The number of amides is 1. The molecule has 0 aliphatic carbocycles. The molecule has 0 radical (unpaired) electrons. The number of hydrogen-bond acceptors (Lipinski definition) is 3. The summed E-state index contributed by atoms with van der Waals surface area (Å²) in [7, 11) is 0. The van der Waals surface area contributed by atoms with E-state index >= 15 is 0 Å². The third-order valence-electron chi connectivity index (χ3n) is 3.79.